The van der Waals surface area contributed by atoms with Crippen molar-refractivity contribution in [3.05, 3.63) is 65.2 Å². The van der Waals surface area contributed by atoms with E-state index < -0.39 is 11.6 Å². The van der Waals surface area contributed by atoms with Crippen LogP contribution in [0.5, 0.6) is 5.75 Å². The standard InChI is InChI=1S/C18H18O4/c1-12-7-9-13(10-8-12)16(19)14-5-4-6-15(11-14)22-18(2,3)17(20)21/h4-11H,1-3H3,(H,20,21). The summed E-state index contributed by atoms with van der Waals surface area (Å²) in [4.78, 5) is 23.5. The van der Waals surface area contributed by atoms with Gasteiger partial charge in [0.1, 0.15) is 5.75 Å². The molecule has 2 aromatic carbocycles. The first-order chi connectivity index (χ1) is 10.3. The molecule has 0 heterocycles. The van der Waals surface area contributed by atoms with Crippen molar-refractivity contribution in [2.75, 3.05) is 0 Å². The minimum Gasteiger partial charge on any atom is -0.478 e. The predicted molar refractivity (Wildman–Crippen MR) is 83.4 cm³/mol. The Bertz CT molecular complexity index is 699. The number of carbonyl (C=O) groups excluding carboxylic acids is 1. The van der Waals surface area contributed by atoms with E-state index in [1.165, 1.54) is 13.8 Å². The van der Waals surface area contributed by atoms with Crippen LogP contribution < -0.4 is 4.74 Å². The molecule has 4 heteroatoms. The third-order valence-electron chi connectivity index (χ3n) is 3.30. The van der Waals surface area contributed by atoms with Gasteiger partial charge in [0, 0.05) is 11.1 Å². The fourth-order valence-corrected chi connectivity index (χ4v) is 1.91. The van der Waals surface area contributed by atoms with E-state index in [9.17, 15) is 9.59 Å². The molecule has 0 amide bonds. The number of ether oxygens (including phenoxy) is 1. The highest BCUT2D eigenvalue weighted by molar-refractivity contribution is 6.09. The molecule has 114 valence electrons. The molecule has 0 aliphatic heterocycles. The Hall–Kier alpha value is -2.62. The van der Waals surface area contributed by atoms with Gasteiger partial charge in [-0.1, -0.05) is 42.0 Å². The maximum absolute atomic E-state index is 12.4. The summed E-state index contributed by atoms with van der Waals surface area (Å²) < 4.78 is 5.46. The van der Waals surface area contributed by atoms with Gasteiger partial charge in [0.15, 0.2) is 11.4 Å². The quantitative estimate of drug-likeness (QED) is 0.858. The molecule has 0 unspecified atom stereocenters. The zero-order chi connectivity index (χ0) is 16.3. The van der Waals surface area contributed by atoms with E-state index in [0.717, 1.165) is 5.56 Å². The van der Waals surface area contributed by atoms with Crippen LogP contribution in [0, 0.1) is 6.92 Å². The molecule has 0 spiro atoms. The molecule has 2 aromatic rings. The van der Waals surface area contributed by atoms with Gasteiger partial charge in [-0.2, -0.15) is 0 Å². The molecular formula is C18H18O4. The Kier molecular flexibility index (Phi) is 4.31. The molecule has 0 saturated heterocycles. The average molecular weight is 298 g/mol. The Balaban J connectivity index is 2.26. The highest BCUT2D eigenvalue weighted by Gasteiger charge is 2.29. The van der Waals surface area contributed by atoms with Gasteiger partial charge >= 0.3 is 5.97 Å². The van der Waals surface area contributed by atoms with E-state index in [4.69, 9.17) is 9.84 Å². The van der Waals surface area contributed by atoms with E-state index in [2.05, 4.69) is 0 Å². The normalized spacial score (nSPS) is 11.0. The van der Waals surface area contributed by atoms with Crippen LogP contribution in [0.15, 0.2) is 48.5 Å². The third kappa shape index (κ3) is 3.52. The number of hydrogen-bond acceptors (Lipinski definition) is 3. The Morgan fingerprint density at radius 2 is 1.64 bits per heavy atom. The van der Waals surface area contributed by atoms with Crippen molar-refractivity contribution in [1.82, 2.24) is 0 Å². The minimum atomic E-state index is -1.36. The summed E-state index contributed by atoms with van der Waals surface area (Å²) in [5, 5.41) is 9.09. The summed E-state index contributed by atoms with van der Waals surface area (Å²) in [6, 6.07) is 13.8. The van der Waals surface area contributed by atoms with Gasteiger partial charge < -0.3 is 9.84 Å². The zero-order valence-corrected chi connectivity index (χ0v) is 12.8. The van der Waals surface area contributed by atoms with Crippen LogP contribution in [0.4, 0.5) is 0 Å². The fourth-order valence-electron chi connectivity index (χ4n) is 1.91. The second-order valence-electron chi connectivity index (χ2n) is 5.64. The van der Waals surface area contributed by atoms with Crippen molar-refractivity contribution in [3.8, 4) is 5.75 Å². The molecule has 2 rings (SSSR count). The maximum atomic E-state index is 12.4. The van der Waals surface area contributed by atoms with Gasteiger partial charge in [-0.15, -0.1) is 0 Å². The summed E-state index contributed by atoms with van der Waals surface area (Å²) in [5.74, 6) is -0.841. The van der Waals surface area contributed by atoms with Crippen molar-refractivity contribution in [3.63, 3.8) is 0 Å². The molecule has 0 fully saturated rings. The molecule has 0 radical (unpaired) electrons. The molecule has 0 saturated carbocycles. The number of hydrogen-bond donors (Lipinski definition) is 1. The first kappa shape index (κ1) is 15.8. The van der Waals surface area contributed by atoms with Gasteiger partial charge in [-0.3, -0.25) is 4.79 Å². The second-order valence-corrected chi connectivity index (χ2v) is 5.64. The van der Waals surface area contributed by atoms with Gasteiger partial charge in [0.05, 0.1) is 0 Å². The highest BCUT2D eigenvalue weighted by Crippen LogP contribution is 2.21. The smallest absolute Gasteiger partial charge is 0.347 e. The van der Waals surface area contributed by atoms with Crippen LogP contribution in [0.25, 0.3) is 0 Å². The number of benzene rings is 2. The lowest BCUT2D eigenvalue weighted by atomic mass is 10.0. The first-order valence-corrected chi connectivity index (χ1v) is 6.93. The monoisotopic (exact) mass is 298 g/mol. The zero-order valence-electron chi connectivity index (χ0n) is 12.8. The Labute approximate surface area is 129 Å². The van der Waals surface area contributed by atoms with Crippen LogP contribution in [0.2, 0.25) is 0 Å². The lowest BCUT2D eigenvalue weighted by Crippen LogP contribution is -2.37. The number of aryl methyl sites for hydroxylation is 1. The largest absolute Gasteiger partial charge is 0.478 e. The van der Waals surface area contributed by atoms with Gasteiger partial charge in [0.25, 0.3) is 0 Å². The van der Waals surface area contributed by atoms with Crippen molar-refractivity contribution in [2.45, 2.75) is 26.4 Å². The summed E-state index contributed by atoms with van der Waals surface area (Å²) >= 11 is 0. The van der Waals surface area contributed by atoms with Crippen molar-refractivity contribution in [2.24, 2.45) is 0 Å². The van der Waals surface area contributed by atoms with Crippen LogP contribution in [0.3, 0.4) is 0 Å². The topological polar surface area (TPSA) is 63.6 Å². The van der Waals surface area contributed by atoms with Crippen molar-refractivity contribution in [1.29, 1.82) is 0 Å². The summed E-state index contributed by atoms with van der Waals surface area (Å²) in [5.41, 5.74) is 0.769. The number of rotatable bonds is 5. The SMILES string of the molecule is Cc1ccc(C(=O)c2cccc(OC(C)(C)C(=O)O)c2)cc1. The minimum absolute atomic E-state index is 0.126. The van der Waals surface area contributed by atoms with Gasteiger partial charge in [0.2, 0.25) is 0 Å². The average Bonchev–Trinajstić information content (AvgIpc) is 2.47. The van der Waals surface area contributed by atoms with E-state index in [1.54, 1.807) is 36.4 Å². The molecule has 22 heavy (non-hydrogen) atoms. The number of aliphatic carboxylic acids is 1. The Morgan fingerprint density at radius 1 is 1.00 bits per heavy atom. The predicted octanol–water partition coefficient (Wildman–Crippen LogP) is 3.47. The molecule has 0 atom stereocenters. The Morgan fingerprint density at radius 3 is 2.23 bits per heavy atom. The fraction of sp³-hybridized carbons (Fsp3) is 0.222. The molecule has 0 bridgehead atoms. The van der Waals surface area contributed by atoms with E-state index in [-0.39, 0.29) is 5.78 Å². The molecular weight excluding hydrogens is 280 g/mol. The van der Waals surface area contributed by atoms with Gasteiger partial charge in [-0.05, 0) is 32.9 Å². The first-order valence-electron chi connectivity index (χ1n) is 6.93. The molecule has 1 N–H and O–H groups in total. The summed E-state index contributed by atoms with van der Waals surface area (Å²) in [7, 11) is 0. The van der Waals surface area contributed by atoms with Crippen LogP contribution >= 0.6 is 0 Å². The number of carboxylic acids is 1. The van der Waals surface area contributed by atoms with Crippen LogP contribution in [-0.2, 0) is 4.79 Å². The van der Waals surface area contributed by atoms with Crippen LogP contribution in [-0.4, -0.2) is 22.5 Å². The van der Waals surface area contributed by atoms with Crippen molar-refractivity contribution < 1.29 is 19.4 Å². The van der Waals surface area contributed by atoms with E-state index >= 15 is 0 Å². The molecule has 0 aliphatic carbocycles. The number of carbonyl (C=O) groups is 2. The maximum Gasteiger partial charge on any atom is 0.347 e. The van der Waals surface area contributed by atoms with Crippen LogP contribution in [0.1, 0.15) is 35.3 Å². The number of ketones is 1. The lowest BCUT2D eigenvalue weighted by Gasteiger charge is -2.21. The second kappa shape index (κ2) is 6.02. The number of carboxylic acid groups (broad SMARTS) is 1. The van der Waals surface area contributed by atoms with Crippen molar-refractivity contribution >= 4 is 11.8 Å². The van der Waals surface area contributed by atoms with E-state index in [1.807, 2.05) is 19.1 Å². The highest BCUT2D eigenvalue weighted by atomic mass is 16.5. The van der Waals surface area contributed by atoms with E-state index in [0.29, 0.717) is 16.9 Å². The molecule has 0 aliphatic rings. The molecule has 4 nitrogen and oxygen atoms in total. The summed E-state index contributed by atoms with van der Waals surface area (Å²) in [6.45, 7) is 4.88. The molecule has 0 aromatic heterocycles. The van der Waals surface area contributed by atoms with Gasteiger partial charge in [-0.25, -0.2) is 4.79 Å². The third-order valence-corrected chi connectivity index (χ3v) is 3.30. The lowest BCUT2D eigenvalue weighted by molar-refractivity contribution is -0.152. The summed E-state index contributed by atoms with van der Waals surface area (Å²) in [6.07, 6.45) is 0.